The predicted octanol–water partition coefficient (Wildman–Crippen LogP) is 1.57. The number of hydrogen-bond acceptors (Lipinski definition) is 4. The van der Waals surface area contributed by atoms with E-state index in [1.807, 2.05) is 0 Å². The third kappa shape index (κ3) is 2.05. The van der Waals surface area contributed by atoms with Crippen LogP contribution < -0.4 is 4.90 Å². The van der Waals surface area contributed by atoms with Gasteiger partial charge in [-0.1, -0.05) is 5.16 Å². The van der Waals surface area contributed by atoms with Crippen LogP contribution in [0.5, 0.6) is 0 Å². The van der Waals surface area contributed by atoms with Gasteiger partial charge in [-0.2, -0.15) is 5.26 Å². The average Bonchev–Trinajstić information content (AvgIpc) is 2.20. The summed E-state index contributed by atoms with van der Waals surface area (Å²) in [6, 6.07) is 4.83. The minimum atomic E-state index is -0.679. The second-order valence-electron chi connectivity index (χ2n) is 3.11. The minimum Gasteiger partial charge on any atom is -0.411 e. The fourth-order valence-corrected chi connectivity index (χ4v) is 1.22. The molecule has 15 heavy (non-hydrogen) atoms. The molecule has 0 aliphatic carbocycles. The number of rotatable bonds is 2. The summed E-state index contributed by atoms with van der Waals surface area (Å²) in [7, 11) is 3.44. The van der Waals surface area contributed by atoms with Crippen molar-refractivity contribution in [2.45, 2.75) is 0 Å². The Morgan fingerprint density at radius 2 is 2.20 bits per heavy atom. The van der Waals surface area contributed by atoms with Gasteiger partial charge in [-0.05, 0) is 12.1 Å². The zero-order valence-corrected chi connectivity index (χ0v) is 8.40. The van der Waals surface area contributed by atoms with E-state index in [4.69, 9.17) is 10.5 Å². The van der Waals surface area contributed by atoms with Crippen LogP contribution in [-0.4, -0.2) is 25.5 Å². The average molecular weight is 207 g/mol. The molecule has 0 aliphatic rings. The Kier molecular flexibility index (Phi) is 3.24. The molecule has 0 aliphatic heterocycles. The molecule has 78 valence electrons. The van der Waals surface area contributed by atoms with Crippen LogP contribution in [0.15, 0.2) is 17.3 Å². The SMILES string of the molecule is CN(C)c1ccc(/C=N/O)c(F)c1C#N. The van der Waals surface area contributed by atoms with Gasteiger partial charge in [-0.25, -0.2) is 4.39 Å². The zero-order chi connectivity index (χ0) is 11.4. The molecular weight excluding hydrogens is 197 g/mol. The van der Waals surface area contributed by atoms with E-state index >= 15 is 0 Å². The maximum Gasteiger partial charge on any atom is 0.151 e. The summed E-state index contributed by atoms with van der Waals surface area (Å²) in [6.45, 7) is 0. The monoisotopic (exact) mass is 207 g/mol. The van der Waals surface area contributed by atoms with E-state index < -0.39 is 5.82 Å². The van der Waals surface area contributed by atoms with E-state index in [0.29, 0.717) is 5.69 Å². The first-order valence-corrected chi connectivity index (χ1v) is 4.19. The predicted molar refractivity (Wildman–Crippen MR) is 54.8 cm³/mol. The smallest absolute Gasteiger partial charge is 0.151 e. The summed E-state index contributed by atoms with van der Waals surface area (Å²) in [5.41, 5.74) is 0.516. The van der Waals surface area contributed by atoms with Gasteiger partial charge in [0.15, 0.2) is 5.82 Å². The van der Waals surface area contributed by atoms with Crippen LogP contribution in [0.25, 0.3) is 0 Å². The van der Waals surface area contributed by atoms with Gasteiger partial charge in [-0.3, -0.25) is 0 Å². The van der Waals surface area contributed by atoms with Gasteiger partial charge in [0, 0.05) is 19.7 Å². The maximum absolute atomic E-state index is 13.6. The largest absolute Gasteiger partial charge is 0.411 e. The molecular formula is C10H10FN3O. The van der Waals surface area contributed by atoms with Crippen LogP contribution in [0, 0.1) is 17.1 Å². The summed E-state index contributed by atoms with van der Waals surface area (Å²) in [5, 5.41) is 19.8. The zero-order valence-electron chi connectivity index (χ0n) is 8.40. The van der Waals surface area contributed by atoms with E-state index in [1.165, 1.54) is 6.07 Å². The molecule has 0 spiro atoms. The van der Waals surface area contributed by atoms with E-state index in [-0.39, 0.29) is 11.1 Å². The molecule has 5 heteroatoms. The molecule has 0 saturated carbocycles. The molecule has 0 unspecified atom stereocenters. The summed E-state index contributed by atoms with van der Waals surface area (Å²) in [5.74, 6) is -0.679. The number of benzene rings is 1. The van der Waals surface area contributed by atoms with Crippen LogP contribution in [0.2, 0.25) is 0 Å². The fourth-order valence-electron chi connectivity index (χ4n) is 1.22. The number of hydrogen-bond donors (Lipinski definition) is 1. The molecule has 0 aromatic heterocycles. The van der Waals surface area contributed by atoms with Crippen molar-refractivity contribution in [1.82, 2.24) is 0 Å². The Balaban J connectivity index is 3.41. The third-order valence-electron chi connectivity index (χ3n) is 1.94. The van der Waals surface area contributed by atoms with Crippen molar-refractivity contribution in [2.75, 3.05) is 19.0 Å². The molecule has 0 fully saturated rings. The van der Waals surface area contributed by atoms with Crippen LogP contribution in [0.3, 0.4) is 0 Å². The van der Waals surface area contributed by atoms with Gasteiger partial charge in [0.05, 0.1) is 11.9 Å². The fraction of sp³-hybridized carbons (Fsp3) is 0.200. The van der Waals surface area contributed by atoms with Crippen molar-refractivity contribution in [2.24, 2.45) is 5.16 Å². The van der Waals surface area contributed by atoms with Crippen molar-refractivity contribution in [3.05, 3.63) is 29.1 Å². The molecule has 0 heterocycles. The van der Waals surface area contributed by atoms with Crippen molar-refractivity contribution >= 4 is 11.9 Å². The number of anilines is 1. The molecule has 1 aromatic carbocycles. The molecule has 1 rings (SSSR count). The van der Waals surface area contributed by atoms with Crippen LogP contribution in [0.1, 0.15) is 11.1 Å². The standard InChI is InChI=1S/C10H10FN3O/c1-14(2)9-4-3-7(6-13-15)10(11)8(9)5-12/h3-4,6,15H,1-2H3/b13-6+. The van der Waals surface area contributed by atoms with Gasteiger partial charge in [-0.15, -0.1) is 0 Å². The molecule has 0 radical (unpaired) electrons. The van der Waals surface area contributed by atoms with Gasteiger partial charge in [0.1, 0.15) is 11.6 Å². The van der Waals surface area contributed by atoms with Gasteiger partial charge < -0.3 is 10.1 Å². The van der Waals surface area contributed by atoms with E-state index in [9.17, 15) is 4.39 Å². The highest BCUT2D eigenvalue weighted by atomic mass is 19.1. The summed E-state index contributed by atoms with van der Waals surface area (Å²) < 4.78 is 13.6. The Bertz CT molecular complexity index is 435. The van der Waals surface area contributed by atoms with Crippen LogP contribution in [-0.2, 0) is 0 Å². The first-order valence-electron chi connectivity index (χ1n) is 4.19. The summed E-state index contributed by atoms with van der Waals surface area (Å²) in [6.07, 6.45) is 0.954. The molecule has 1 aromatic rings. The maximum atomic E-state index is 13.6. The Morgan fingerprint density at radius 1 is 1.53 bits per heavy atom. The van der Waals surface area contributed by atoms with Crippen LogP contribution >= 0.6 is 0 Å². The topological polar surface area (TPSA) is 59.6 Å². The first-order chi connectivity index (χ1) is 7.11. The lowest BCUT2D eigenvalue weighted by Gasteiger charge is -2.14. The minimum absolute atomic E-state index is 0.0580. The van der Waals surface area contributed by atoms with Gasteiger partial charge in [0.25, 0.3) is 0 Å². The van der Waals surface area contributed by atoms with Crippen molar-refractivity contribution in [3.8, 4) is 6.07 Å². The molecule has 1 N–H and O–H groups in total. The number of nitrogens with zero attached hydrogens (tertiary/aromatic N) is 3. The lowest BCUT2D eigenvalue weighted by molar-refractivity contribution is 0.321. The lowest BCUT2D eigenvalue weighted by atomic mass is 10.1. The van der Waals surface area contributed by atoms with E-state index in [1.54, 1.807) is 31.1 Å². The first kappa shape index (κ1) is 11.0. The highest BCUT2D eigenvalue weighted by molar-refractivity contribution is 5.82. The Labute approximate surface area is 86.9 Å². The van der Waals surface area contributed by atoms with Crippen LogP contribution in [0.4, 0.5) is 10.1 Å². The normalized spacial score (nSPS) is 10.3. The van der Waals surface area contributed by atoms with Crippen molar-refractivity contribution < 1.29 is 9.60 Å². The summed E-state index contributed by atoms with van der Waals surface area (Å²) in [4.78, 5) is 1.64. The second-order valence-corrected chi connectivity index (χ2v) is 3.11. The van der Waals surface area contributed by atoms with E-state index in [0.717, 1.165) is 6.21 Å². The van der Waals surface area contributed by atoms with Crippen molar-refractivity contribution in [3.63, 3.8) is 0 Å². The number of oxime groups is 1. The molecule has 0 bridgehead atoms. The number of halogens is 1. The van der Waals surface area contributed by atoms with E-state index in [2.05, 4.69) is 5.16 Å². The van der Waals surface area contributed by atoms with Crippen molar-refractivity contribution in [1.29, 1.82) is 5.26 Å². The molecule has 0 amide bonds. The molecule has 0 saturated heterocycles. The van der Waals surface area contributed by atoms with Gasteiger partial charge in [0.2, 0.25) is 0 Å². The highest BCUT2D eigenvalue weighted by Gasteiger charge is 2.13. The number of nitriles is 1. The lowest BCUT2D eigenvalue weighted by Crippen LogP contribution is -2.12. The quantitative estimate of drug-likeness (QED) is 0.455. The Morgan fingerprint density at radius 3 is 2.67 bits per heavy atom. The second kappa shape index (κ2) is 4.42. The Hall–Kier alpha value is -2.09. The molecule has 4 nitrogen and oxygen atoms in total. The highest BCUT2D eigenvalue weighted by Crippen LogP contribution is 2.22. The molecule has 0 atom stereocenters. The summed E-state index contributed by atoms with van der Waals surface area (Å²) >= 11 is 0. The third-order valence-corrected chi connectivity index (χ3v) is 1.94. The van der Waals surface area contributed by atoms with Gasteiger partial charge >= 0.3 is 0 Å².